The van der Waals surface area contributed by atoms with E-state index >= 15 is 0 Å². The van der Waals surface area contributed by atoms with Crippen LogP contribution in [0.2, 0.25) is 0 Å². The van der Waals surface area contributed by atoms with Gasteiger partial charge in [0.15, 0.2) is 0 Å². The molecular weight excluding hydrogens is 186 g/mol. The maximum atomic E-state index is 10.7. The predicted octanol–water partition coefficient (Wildman–Crippen LogP) is -0.112. The summed E-state index contributed by atoms with van der Waals surface area (Å²) < 4.78 is 21.3. The number of hydrogen-bond acceptors (Lipinski definition) is 4. The van der Waals surface area contributed by atoms with Crippen molar-refractivity contribution in [1.29, 1.82) is 0 Å². The van der Waals surface area contributed by atoms with Crippen LogP contribution >= 0.6 is 11.3 Å². The van der Waals surface area contributed by atoms with Crippen molar-refractivity contribution < 1.29 is 13.5 Å². The normalized spacial score (nSPS) is 11.8. The van der Waals surface area contributed by atoms with Gasteiger partial charge in [0.2, 0.25) is 10.0 Å². The van der Waals surface area contributed by atoms with Crippen molar-refractivity contribution in [1.82, 2.24) is 0 Å². The van der Waals surface area contributed by atoms with Crippen molar-refractivity contribution >= 4 is 21.4 Å². The fraction of sp³-hybridized carbons (Fsp3) is 0.200. The van der Waals surface area contributed by atoms with Crippen molar-refractivity contribution in [2.75, 3.05) is 0 Å². The second kappa shape index (κ2) is 2.90. The molecule has 0 saturated heterocycles. The van der Waals surface area contributed by atoms with Crippen LogP contribution in [0.25, 0.3) is 0 Å². The maximum Gasteiger partial charge on any atom is 0.238 e. The standard InChI is InChI=1S/C5H7NO3S2/c6-11(8,9)5-1-4(2-7)10-3-5/h1,3,7H,2H2,(H2,6,8,9). The number of rotatable bonds is 2. The molecule has 6 heteroatoms. The van der Waals surface area contributed by atoms with Crippen LogP contribution in [0.15, 0.2) is 16.3 Å². The molecule has 62 valence electrons. The van der Waals surface area contributed by atoms with E-state index in [1.165, 1.54) is 22.8 Å². The first-order valence-corrected chi connectivity index (χ1v) is 5.17. The van der Waals surface area contributed by atoms with Crippen LogP contribution < -0.4 is 5.14 Å². The minimum atomic E-state index is -3.59. The molecule has 0 atom stereocenters. The van der Waals surface area contributed by atoms with Gasteiger partial charge in [0.25, 0.3) is 0 Å². The molecule has 0 aromatic carbocycles. The first kappa shape index (κ1) is 8.66. The molecule has 1 rings (SSSR count). The first-order valence-electron chi connectivity index (χ1n) is 2.75. The van der Waals surface area contributed by atoms with Gasteiger partial charge in [-0.2, -0.15) is 0 Å². The molecule has 0 fully saturated rings. The van der Waals surface area contributed by atoms with Crippen molar-refractivity contribution in [2.45, 2.75) is 11.5 Å². The minimum Gasteiger partial charge on any atom is -0.391 e. The number of nitrogens with two attached hydrogens (primary N) is 1. The van der Waals surface area contributed by atoms with E-state index in [0.29, 0.717) is 4.88 Å². The molecule has 0 saturated carbocycles. The molecule has 3 N–H and O–H groups in total. The Morgan fingerprint density at radius 3 is 2.55 bits per heavy atom. The molecular formula is C5H7NO3S2. The highest BCUT2D eigenvalue weighted by molar-refractivity contribution is 7.89. The highest BCUT2D eigenvalue weighted by Gasteiger charge is 2.09. The lowest BCUT2D eigenvalue weighted by Gasteiger charge is -1.88. The summed E-state index contributed by atoms with van der Waals surface area (Å²) in [7, 11) is -3.59. The van der Waals surface area contributed by atoms with Gasteiger partial charge in [0.05, 0.1) is 11.5 Å². The van der Waals surface area contributed by atoms with Crippen molar-refractivity contribution in [2.24, 2.45) is 5.14 Å². The lowest BCUT2D eigenvalue weighted by atomic mass is 10.5. The van der Waals surface area contributed by atoms with Crippen molar-refractivity contribution in [3.8, 4) is 0 Å². The molecule has 0 amide bonds. The first-order chi connectivity index (χ1) is 5.04. The number of hydrogen-bond donors (Lipinski definition) is 2. The molecule has 4 nitrogen and oxygen atoms in total. The Morgan fingerprint density at radius 2 is 2.27 bits per heavy atom. The fourth-order valence-electron chi connectivity index (χ4n) is 0.593. The van der Waals surface area contributed by atoms with Crippen LogP contribution in [0.3, 0.4) is 0 Å². The summed E-state index contributed by atoms with van der Waals surface area (Å²) in [6.07, 6.45) is 0. The summed E-state index contributed by atoms with van der Waals surface area (Å²) in [5.74, 6) is 0. The zero-order valence-corrected chi connectivity index (χ0v) is 7.15. The summed E-state index contributed by atoms with van der Waals surface area (Å²) in [4.78, 5) is 0.653. The molecule has 0 bridgehead atoms. The highest BCUT2D eigenvalue weighted by Crippen LogP contribution is 2.17. The smallest absolute Gasteiger partial charge is 0.238 e. The molecule has 0 aliphatic heterocycles. The predicted molar refractivity (Wildman–Crippen MR) is 41.6 cm³/mol. The van der Waals surface area contributed by atoms with Gasteiger partial charge in [-0.3, -0.25) is 0 Å². The molecule has 11 heavy (non-hydrogen) atoms. The summed E-state index contributed by atoms with van der Waals surface area (Å²) in [6, 6.07) is 1.36. The SMILES string of the molecule is NS(=O)(=O)c1csc(CO)c1. The summed E-state index contributed by atoms with van der Waals surface area (Å²) in [5, 5.41) is 14.8. The third-order valence-electron chi connectivity index (χ3n) is 1.11. The van der Waals surface area contributed by atoms with Gasteiger partial charge >= 0.3 is 0 Å². The van der Waals surface area contributed by atoms with E-state index in [0.717, 1.165) is 0 Å². The third-order valence-corrected chi connectivity index (χ3v) is 3.08. The lowest BCUT2D eigenvalue weighted by Crippen LogP contribution is -2.10. The van der Waals surface area contributed by atoms with E-state index in [2.05, 4.69) is 0 Å². The summed E-state index contributed by atoms with van der Waals surface area (Å²) in [6.45, 7) is -0.153. The highest BCUT2D eigenvalue weighted by atomic mass is 32.2. The van der Waals surface area contributed by atoms with Crippen molar-refractivity contribution in [3.63, 3.8) is 0 Å². The van der Waals surface area contributed by atoms with E-state index in [1.54, 1.807) is 0 Å². The Morgan fingerprint density at radius 1 is 1.64 bits per heavy atom. The van der Waals surface area contributed by atoms with Gasteiger partial charge in [-0.15, -0.1) is 11.3 Å². The van der Waals surface area contributed by atoms with Gasteiger partial charge in [0.1, 0.15) is 0 Å². The summed E-state index contributed by atoms with van der Waals surface area (Å²) >= 11 is 1.17. The second-order valence-corrected chi connectivity index (χ2v) is 4.51. The van der Waals surface area contributed by atoms with Gasteiger partial charge in [0, 0.05) is 10.3 Å². The van der Waals surface area contributed by atoms with E-state index in [4.69, 9.17) is 10.2 Å². The van der Waals surface area contributed by atoms with Crippen LogP contribution in [0.5, 0.6) is 0 Å². The quantitative estimate of drug-likeness (QED) is 0.687. The number of aliphatic hydroxyl groups excluding tert-OH is 1. The zero-order valence-electron chi connectivity index (χ0n) is 5.52. The zero-order chi connectivity index (χ0) is 8.48. The average Bonchev–Trinajstić information content (AvgIpc) is 2.32. The minimum absolute atomic E-state index is 0.0616. The molecule has 1 aromatic rings. The lowest BCUT2D eigenvalue weighted by molar-refractivity contribution is 0.285. The van der Waals surface area contributed by atoms with E-state index in [1.807, 2.05) is 0 Å². The van der Waals surface area contributed by atoms with Gasteiger partial charge < -0.3 is 5.11 Å². The largest absolute Gasteiger partial charge is 0.391 e. The Balaban J connectivity index is 3.09. The number of aliphatic hydroxyl groups is 1. The van der Waals surface area contributed by atoms with Gasteiger partial charge in [-0.05, 0) is 6.07 Å². The van der Waals surface area contributed by atoms with E-state index in [9.17, 15) is 8.42 Å². The Bertz CT molecular complexity index is 340. The molecule has 0 unspecified atom stereocenters. The fourth-order valence-corrected chi connectivity index (χ4v) is 2.26. The van der Waals surface area contributed by atoms with E-state index in [-0.39, 0.29) is 11.5 Å². The molecule has 0 radical (unpaired) electrons. The average molecular weight is 193 g/mol. The summed E-state index contributed by atoms with van der Waals surface area (Å²) in [5.41, 5.74) is 0. The van der Waals surface area contributed by atoms with Crippen molar-refractivity contribution in [3.05, 3.63) is 16.3 Å². The van der Waals surface area contributed by atoms with Gasteiger partial charge in [-0.1, -0.05) is 0 Å². The van der Waals surface area contributed by atoms with Crippen LogP contribution in [-0.2, 0) is 16.6 Å². The van der Waals surface area contributed by atoms with Gasteiger partial charge in [-0.25, -0.2) is 13.6 Å². The topological polar surface area (TPSA) is 80.4 Å². The second-order valence-electron chi connectivity index (χ2n) is 1.95. The maximum absolute atomic E-state index is 10.7. The Kier molecular flexibility index (Phi) is 2.28. The molecule has 1 aromatic heterocycles. The number of sulfonamides is 1. The van der Waals surface area contributed by atoms with E-state index < -0.39 is 10.0 Å². The molecule has 0 spiro atoms. The molecule has 0 aliphatic rings. The van der Waals surface area contributed by atoms with Crippen LogP contribution in [0.4, 0.5) is 0 Å². The monoisotopic (exact) mass is 193 g/mol. The van der Waals surface area contributed by atoms with Crippen LogP contribution in [0.1, 0.15) is 4.88 Å². The number of thiophene rings is 1. The van der Waals surface area contributed by atoms with Crippen LogP contribution in [0, 0.1) is 0 Å². The third kappa shape index (κ3) is 2.00. The Hall–Kier alpha value is -0.430. The number of primary sulfonamides is 1. The van der Waals surface area contributed by atoms with Crippen LogP contribution in [-0.4, -0.2) is 13.5 Å². The molecule has 0 aliphatic carbocycles. The molecule has 1 heterocycles. The Labute approximate surface area is 68.3 Å².